The lowest BCUT2D eigenvalue weighted by Gasteiger charge is -2.33. The van der Waals surface area contributed by atoms with Gasteiger partial charge in [0.1, 0.15) is 11.5 Å². The third-order valence-electron chi connectivity index (χ3n) is 8.10. The summed E-state index contributed by atoms with van der Waals surface area (Å²) in [5.74, 6) is 1.68. The van der Waals surface area contributed by atoms with Crippen molar-refractivity contribution in [3.63, 3.8) is 0 Å². The maximum atomic E-state index is 12.7. The first kappa shape index (κ1) is 24.4. The molecule has 0 saturated carbocycles. The van der Waals surface area contributed by atoms with E-state index in [-0.39, 0.29) is 11.8 Å². The van der Waals surface area contributed by atoms with Crippen molar-refractivity contribution < 1.29 is 9.59 Å². The van der Waals surface area contributed by atoms with E-state index in [1.807, 2.05) is 47.9 Å². The number of benzene rings is 1. The Bertz CT molecular complexity index is 1540. The number of aryl methyl sites for hydroxylation is 2. The Morgan fingerprint density at radius 3 is 2.47 bits per heavy atom. The Kier molecular flexibility index (Phi) is 6.04. The molecular formula is C28H34N8O2. The van der Waals surface area contributed by atoms with E-state index in [9.17, 15) is 9.59 Å². The third-order valence-corrected chi connectivity index (χ3v) is 8.10. The second kappa shape index (κ2) is 9.41. The molecule has 0 radical (unpaired) electrons. The lowest BCUT2D eigenvalue weighted by molar-refractivity contribution is -0.132. The zero-order chi connectivity index (χ0) is 26.6. The second-order valence-corrected chi connectivity index (χ2v) is 10.5. The highest BCUT2D eigenvalue weighted by molar-refractivity contribution is 5.96. The average Bonchev–Trinajstić information content (AvgIpc) is 3.62. The number of fused-ring (bicyclic) bond motifs is 2. The van der Waals surface area contributed by atoms with Crippen LogP contribution in [-0.2, 0) is 36.8 Å². The molecule has 1 saturated heterocycles. The molecule has 2 aliphatic heterocycles. The molecule has 4 aromatic rings. The summed E-state index contributed by atoms with van der Waals surface area (Å²) in [5.41, 5.74) is 5.96. The first-order valence-electron chi connectivity index (χ1n) is 13.4. The number of aromatic nitrogens is 6. The number of piperidine rings is 1. The maximum absolute atomic E-state index is 12.7. The molecule has 2 amide bonds. The van der Waals surface area contributed by atoms with Crippen LogP contribution in [0.5, 0.6) is 0 Å². The zero-order valence-electron chi connectivity index (χ0n) is 22.5. The van der Waals surface area contributed by atoms with E-state index in [0.29, 0.717) is 25.4 Å². The molecule has 0 spiro atoms. The monoisotopic (exact) mass is 514 g/mol. The molecule has 2 aliphatic rings. The number of amides is 2. The molecule has 0 atom stereocenters. The Morgan fingerprint density at radius 1 is 1.00 bits per heavy atom. The number of imidazole rings is 1. The molecule has 198 valence electrons. The van der Waals surface area contributed by atoms with Crippen molar-refractivity contribution in [2.45, 2.75) is 52.1 Å². The van der Waals surface area contributed by atoms with Gasteiger partial charge in [0, 0.05) is 82.2 Å². The Labute approximate surface area is 221 Å². The number of nitrogens with zero attached hydrogens (tertiary/aromatic N) is 8. The molecule has 1 fully saturated rings. The van der Waals surface area contributed by atoms with E-state index in [1.54, 1.807) is 11.6 Å². The maximum Gasteiger partial charge on any atom is 0.222 e. The summed E-state index contributed by atoms with van der Waals surface area (Å²) in [6.07, 6.45) is 6.12. The number of carbonyl (C=O) groups excluding carboxylic acids is 2. The minimum atomic E-state index is 0.136. The van der Waals surface area contributed by atoms with Crippen molar-refractivity contribution >= 4 is 22.7 Å². The quantitative estimate of drug-likeness (QED) is 0.417. The van der Waals surface area contributed by atoms with Crippen LogP contribution in [0.3, 0.4) is 0 Å². The molecule has 6 rings (SSSR count). The predicted octanol–water partition coefficient (Wildman–Crippen LogP) is 3.32. The summed E-state index contributed by atoms with van der Waals surface area (Å²) in [7, 11) is 3.86. The topological polar surface area (TPSA) is 94.1 Å². The van der Waals surface area contributed by atoms with Crippen LogP contribution < -0.4 is 0 Å². The van der Waals surface area contributed by atoms with Crippen LogP contribution >= 0.6 is 0 Å². The first-order valence-corrected chi connectivity index (χ1v) is 13.4. The van der Waals surface area contributed by atoms with Gasteiger partial charge in [-0.05, 0) is 25.0 Å². The van der Waals surface area contributed by atoms with Gasteiger partial charge in [-0.25, -0.2) is 4.98 Å². The molecule has 0 aliphatic carbocycles. The molecule has 10 nitrogen and oxygen atoms in total. The van der Waals surface area contributed by atoms with E-state index in [2.05, 4.69) is 27.9 Å². The van der Waals surface area contributed by atoms with Crippen LogP contribution in [0.25, 0.3) is 33.4 Å². The van der Waals surface area contributed by atoms with Crippen LogP contribution in [0.15, 0.2) is 30.6 Å². The van der Waals surface area contributed by atoms with E-state index in [1.165, 1.54) is 0 Å². The molecule has 0 N–H and O–H groups in total. The number of hydrogen-bond acceptors (Lipinski definition) is 5. The molecule has 0 bridgehead atoms. The van der Waals surface area contributed by atoms with Gasteiger partial charge in [-0.1, -0.05) is 13.0 Å². The lowest BCUT2D eigenvalue weighted by Crippen LogP contribution is -2.39. The van der Waals surface area contributed by atoms with Crippen molar-refractivity contribution in [1.82, 2.24) is 38.9 Å². The van der Waals surface area contributed by atoms with Gasteiger partial charge in [0.2, 0.25) is 11.8 Å². The standard InChI is InChI=1S/C28H34N8O2/c1-5-25(38)35-12-13-36-24(17-35)27(30-28(36)19-8-10-34(11-9-19)18(2)37)20-6-7-23-22(14-20)26(31-33(23)4)21-15-29-32(3)16-21/h6-7,14-16,19H,5,8-13,17H2,1-4H3. The molecule has 1 aromatic carbocycles. The van der Waals surface area contributed by atoms with Crippen molar-refractivity contribution in [1.29, 1.82) is 0 Å². The molecular weight excluding hydrogens is 480 g/mol. The van der Waals surface area contributed by atoms with Gasteiger partial charge in [-0.15, -0.1) is 0 Å². The minimum Gasteiger partial charge on any atom is -0.343 e. The summed E-state index contributed by atoms with van der Waals surface area (Å²) in [6, 6.07) is 6.39. The fourth-order valence-electron chi connectivity index (χ4n) is 6.00. The van der Waals surface area contributed by atoms with Crippen molar-refractivity contribution in [2.24, 2.45) is 14.1 Å². The number of likely N-dealkylation sites (tertiary alicyclic amines) is 1. The van der Waals surface area contributed by atoms with Gasteiger partial charge in [0.15, 0.2) is 0 Å². The largest absolute Gasteiger partial charge is 0.343 e. The summed E-state index contributed by atoms with van der Waals surface area (Å²) in [5, 5.41) is 10.2. The number of hydrogen-bond donors (Lipinski definition) is 0. The van der Waals surface area contributed by atoms with Crippen LogP contribution in [0.1, 0.15) is 50.5 Å². The van der Waals surface area contributed by atoms with E-state index in [4.69, 9.17) is 10.1 Å². The van der Waals surface area contributed by atoms with Gasteiger partial charge >= 0.3 is 0 Å². The fourth-order valence-corrected chi connectivity index (χ4v) is 6.00. The SMILES string of the molecule is CCC(=O)N1CCn2c(C3CCN(C(C)=O)CC3)nc(-c3ccc4c(c3)c(-c3cnn(C)c3)nn4C)c2C1. The number of rotatable bonds is 4. The predicted molar refractivity (Wildman–Crippen MR) is 144 cm³/mol. The van der Waals surface area contributed by atoms with Gasteiger partial charge in [-0.3, -0.25) is 19.0 Å². The smallest absolute Gasteiger partial charge is 0.222 e. The first-order chi connectivity index (χ1) is 18.3. The second-order valence-electron chi connectivity index (χ2n) is 10.5. The molecule has 38 heavy (non-hydrogen) atoms. The highest BCUT2D eigenvalue weighted by Gasteiger charge is 2.32. The molecule has 0 unspecified atom stereocenters. The van der Waals surface area contributed by atoms with Gasteiger partial charge in [0.05, 0.1) is 29.6 Å². The molecule has 3 aromatic heterocycles. The zero-order valence-corrected chi connectivity index (χ0v) is 22.5. The van der Waals surface area contributed by atoms with Crippen LogP contribution in [0.2, 0.25) is 0 Å². The highest BCUT2D eigenvalue weighted by Crippen LogP contribution is 2.37. The highest BCUT2D eigenvalue weighted by atomic mass is 16.2. The van der Waals surface area contributed by atoms with Crippen molar-refractivity contribution in [3.05, 3.63) is 42.1 Å². The lowest BCUT2D eigenvalue weighted by atomic mass is 9.95. The summed E-state index contributed by atoms with van der Waals surface area (Å²) in [4.78, 5) is 33.7. The Morgan fingerprint density at radius 2 is 1.79 bits per heavy atom. The minimum absolute atomic E-state index is 0.136. The van der Waals surface area contributed by atoms with E-state index in [0.717, 1.165) is 77.4 Å². The summed E-state index contributed by atoms with van der Waals surface area (Å²) < 4.78 is 6.03. The van der Waals surface area contributed by atoms with Gasteiger partial charge in [-0.2, -0.15) is 10.2 Å². The summed E-state index contributed by atoms with van der Waals surface area (Å²) >= 11 is 0. The molecule has 5 heterocycles. The molecule has 10 heteroatoms. The third kappa shape index (κ3) is 4.08. The fraction of sp³-hybridized carbons (Fsp3) is 0.464. The number of carbonyl (C=O) groups is 2. The Hall–Kier alpha value is -3.95. The van der Waals surface area contributed by atoms with Crippen molar-refractivity contribution in [2.75, 3.05) is 19.6 Å². The van der Waals surface area contributed by atoms with Crippen LogP contribution in [-0.4, -0.2) is 70.4 Å². The summed E-state index contributed by atoms with van der Waals surface area (Å²) in [6.45, 7) is 7.07. The normalized spacial score (nSPS) is 16.3. The van der Waals surface area contributed by atoms with Gasteiger partial charge in [0.25, 0.3) is 0 Å². The van der Waals surface area contributed by atoms with Gasteiger partial charge < -0.3 is 14.4 Å². The average molecular weight is 515 g/mol. The van der Waals surface area contributed by atoms with E-state index < -0.39 is 0 Å². The van der Waals surface area contributed by atoms with E-state index >= 15 is 0 Å². The van der Waals surface area contributed by atoms with Crippen LogP contribution in [0.4, 0.5) is 0 Å². The van der Waals surface area contributed by atoms with Crippen LogP contribution in [0, 0.1) is 0 Å². The van der Waals surface area contributed by atoms with Crippen molar-refractivity contribution in [3.8, 4) is 22.5 Å². The Balaban J connectivity index is 1.45.